The van der Waals surface area contributed by atoms with E-state index >= 15 is 0 Å². The first-order chi connectivity index (χ1) is 15.5. The van der Waals surface area contributed by atoms with Gasteiger partial charge in [-0.3, -0.25) is 14.5 Å². The molecule has 1 aliphatic heterocycles. The third kappa shape index (κ3) is 4.33. The molecule has 4 rings (SSSR count). The van der Waals surface area contributed by atoms with E-state index in [9.17, 15) is 14.7 Å². The third-order valence-corrected chi connectivity index (χ3v) is 6.43. The molecular weight excluding hydrogens is 492 g/mol. The van der Waals surface area contributed by atoms with Crippen LogP contribution < -0.4 is 9.64 Å². The van der Waals surface area contributed by atoms with Crippen LogP contribution in [0.5, 0.6) is 5.75 Å². The summed E-state index contributed by atoms with van der Waals surface area (Å²) in [4.78, 5) is 31.7. The molecule has 1 saturated heterocycles. The fourth-order valence-corrected chi connectivity index (χ4v) is 4.48. The highest BCUT2D eigenvalue weighted by Crippen LogP contribution is 2.43. The first kappa shape index (κ1) is 22.2. The minimum atomic E-state index is -0.793. The summed E-state index contributed by atoms with van der Waals surface area (Å²) in [7, 11) is 0. The fraction of sp³-hybridized carbons (Fsp3) is 0.208. The van der Waals surface area contributed by atoms with Gasteiger partial charge in [-0.05, 0) is 36.2 Å². The number of ketones is 1. The van der Waals surface area contributed by atoms with E-state index in [-0.39, 0.29) is 11.3 Å². The average molecular weight is 513 g/mol. The minimum absolute atomic E-state index is 0.0261. The number of ether oxygens (including phenoxy) is 1. The van der Waals surface area contributed by atoms with E-state index in [1.165, 1.54) is 16.2 Å². The number of aromatic nitrogens is 1. The van der Waals surface area contributed by atoms with Crippen molar-refractivity contribution < 1.29 is 19.4 Å². The van der Waals surface area contributed by atoms with Crippen molar-refractivity contribution in [1.82, 2.24) is 4.98 Å². The molecule has 164 valence electrons. The summed E-state index contributed by atoms with van der Waals surface area (Å²) in [6, 6.07) is 13.4. The number of aliphatic hydroxyl groups excluding tert-OH is 1. The number of thiazole rings is 1. The highest BCUT2D eigenvalue weighted by Gasteiger charge is 2.47. The van der Waals surface area contributed by atoms with Gasteiger partial charge in [0.25, 0.3) is 5.78 Å². The van der Waals surface area contributed by atoms with Crippen LogP contribution in [0, 0.1) is 0 Å². The number of rotatable bonds is 7. The quantitative estimate of drug-likeness (QED) is 0.190. The van der Waals surface area contributed by atoms with Crippen molar-refractivity contribution in [2.24, 2.45) is 0 Å². The van der Waals surface area contributed by atoms with Gasteiger partial charge in [0.05, 0.1) is 18.2 Å². The molecule has 1 atom stereocenters. The van der Waals surface area contributed by atoms with Crippen molar-refractivity contribution in [3.63, 3.8) is 0 Å². The van der Waals surface area contributed by atoms with Gasteiger partial charge in [-0.1, -0.05) is 53.5 Å². The Balaban J connectivity index is 1.82. The van der Waals surface area contributed by atoms with E-state index in [1.807, 2.05) is 24.3 Å². The van der Waals surface area contributed by atoms with Crippen LogP contribution in [0.3, 0.4) is 0 Å². The Hall–Kier alpha value is -2.97. The van der Waals surface area contributed by atoms with Gasteiger partial charge < -0.3 is 9.84 Å². The van der Waals surface area contributed by atoms with Gasteiger partial charge in [0.15, 0.2) is 5.13 Å². The fourth-order valence-electron chi connectivity index (χ4n) is 3.55. The van der Waals surface area contributed by atoms with Crippen molar-refractivity contribution >= 4 is 49.8 Å². The number of carbonyl (C=O) groups excluding carboxylic acids is 2. The molecule has 1 fully saturated rings. The van der Waals surface area contributed by atoms with E-state index in [2.05, 4.69) is 27.8 Å². The second-order valence-corrected chi connectivity index (χ2v) is 9.05. The maximum atomic E-state index is 13.1. The molecule has 32 heavy (non-hydrogen) atoms. The molecular formula is C24H21BrN2O4S. The lowest BCUT2D eigenvalue weighted by Gasteiger charge is -2.23. The lowest BCUT2D eigenvalue weighted by molar-refractivity contribution is -0.132. The van der Waals surface area contributed by atoms with E-state index in [4.69, 9.17) is 4.74 Å². The molecule has 2 aromatic carbocycles. The summed E-state index contributed by atoms with van der Waals surface area (Å²) >= 11 is 4.67. The predicted molar refractivity (Wildman–Crippen MR) is 128 cm³/mol. The molecule has 0 aliphatic carbocycles. The van der Waals surface area contributed by atoms with E-state index in [1.54, 1.807) is 35.8 Å². The topological polar surface area (TPSA) is 79.7 Å². The molecule has 1 aromatic heterocycles. The number of hydrogen-bond acceptors (Lipinski definition) is 6. The summed E-state index contributed by atoms with van der Waals surface area (Å²) in [6.45, 7) is 2.64. The van der Waals surface area contributed by atoms with Crippen LogP contribution in [0.2, 0.25) is 0 Å². The van der Waals surface area contributed by atoms with E-state index < -0.39 is 17.7 Å². The Morgan fingerprint density at radius 1 is 1.22 bits per heavy atom. The number of amides is 1. The van der Waals surface area contributed by atoms with Crippen molar-refractivity contribution in [1.29, 1.82) is 0 Å². The molecule has 1 amide bonds. The second kappa shape index (κ2) is 9.67. The van der Waals surface area contributed by atoms with Crippen LogP contribution in [0.1, 0.15) is 36.9 Å². The van der Waals surface area contributed by atoms with Gasteiger partial charge in [-0.15, -0.1) is 11.3 Å². The van der Waals surface area contributed by atoms with E-state index in [0.29, 0.717) is 28.6 Å². The Morgan fingerprint density at radius 3 is 2.69 bits per heavy atom. The largest absolute Gasteiger partial charge is 0.507 e. The molecule has 0 spiro atoms. The SMILES string of the molecule is CCCCOc1cccc(C(O)=C2C(=O)C(=O)N(c3nccs3)C2c2ccc(Br)cc2)c1. The summed E-state index contributed by atoms with van der Waals surface area (Å²) in [6.07, 6.45) is 3.50. The normalized spacial score (nSPS) is 17.7. The number of anilines is 1. The first-order valence-electron chi connectivity index (χ1n) is 10.2. The Kier molecular flexibility index (Phi) is 6.72. The minimum Gasteiger partial charge on any atom is -0.507 e. The zero-order valence-electron chi connectivity index (χ0n) is 17.3. The van der Waals surface area contributed by atoms with E-state index in [0.717, 1.165) is 17.3 Å². The standard InChI is InChI=1S/C24H21BrN2O4S/c1-2-3-12-31-18-6-4-5-16(14-18)21(28)19-20(15-7-9-17(25)10-8-15)27(23(30)22(19)29)24-26-11-13-32-24/h4-11,13-14,20,28H,2-3,12H2,1H3. The molecule has 8 heteroatoms. The lowest BCUT2D eigenvalue weighted by atomic mass is 9.95. The van der Waals surface area contributed by atoms with Crippen molar-refractivity contribution in [2.45, 2.75) is 25.8 Å². The zero-order valence-corrected chi connectivity index (χ0v) is 19.7. The number of aliphatic hydroxyl groups is 1. The van der Waals surface area contributed by atoms with Gasteiger partial charge in [-0.2, -0.15) is 0 Å². The lowest BCUT2D eigenvalue weighted by Crippen LogP contribution is -2.29. The van der Waals surface area contributed by atoms with Crippen LogP contribution in [-0.2, 0) is 9.59 Å². The molecule has 1 N–H and O–H groups in total. The zero-order chi connectivity index (χ0) is 22.7. The predicted octanol–water partition coefficient (Wildman–Crippen LogP) is 5.71. The molecule has 3 aromatic rings. The molecule has 0 saturated carbocycles. The molecule has 6 nitrogen and oxygen atoms in total. The summed E-state index contributed by atoms with van der Waals surface area (Å²) < 4.78 is 6.61. The molecule has 0 radical (unpaired) electrons. The van der Waals surface area contributed by atoms with Crippen LogP contribution in [0.15, 0.2) is 70.2 Å². The number of Topliss-reactive ketones (excluding diaryl/α,β-unsaturated/α-hetero) is 1. The first-order valence-corrected chi connectivity index (χ1v) is 11.9. The molecule has 0 bridgehead atoms. The van der Waals surface area contributed by atoms with Crippen LogP contribution >= 0.6 is 27.3 Å². The van der Waals surface area contributed by atoms with Gasteiger partial charge in [0.2, 0.25) is 0 Å². The van der Waals surface area contributed by atoms with Gasteiger partial charge in [-0.25, -0.2) is 4.98 Å². The Labute approximate surface area is 198 Å². The summed E-state index contributed by atoms with van der Waals surface area (Å²) in [5.74, 6) is -1.11. The second-order valence-electron chi connectivity index (χ2n) is 7.27. The van der Waals surface area contributed by atoms with Crippen molar-refractivity contribution in [3.8, 4) is 5.75 Å². The number of benzene rings is 2. The highest BCUT2D eigenvalue weighted by molar-refractivity contribution is 9.10. The molecule has 2 heterocycles. The van der Waals surface area contributed by atoms with Crippen molar-refractivity contribution in [3.05, 3.63) is 81.3 Å². The summed E-state index contributed by atoms with van der Waals surface area (Å²) in [5.41, 5.74) is 1.14. The van der Waals surface area contributed by atoms with Gasteiger partial charge >= 0.3 is 5.91 Å². The number of unbranched alkanes of at least 4 members (excludes halogenated alkanes) is 1. The van der Waals surface area contributed by atoms with Gasteiger partial charge in [0, 0.05) is 21.6 Å². The number of hydrogen-bond donors (Lipinski definition) is 1. The smallest absolute Gasteiger partial charge is 0.301 e. The molecule has 1 aliphatic rings. The maximum Gasteiger partial charge on any atom is 0.301 e. The number of nitrogens with zero attached hydrogens (tertiary/aromatic N) is 2. The summed E-state index contributed by atoms with van der Waals surface area (Å²) in [5, 5.41) is 13.3. The maximum absolute atomic E-state index is 13.1. The average Bonchev–Trinajstić information content (AvgIpc) is 3.41. The van der Waals surface area contributed by atoms with Crippen LogP contribution in [0.4, 0.5) is 5.13 Å². The monoisotopic (exact) mass is 512 g/mol. The Bertz CT molecular complexity index is 1160. The Morgan fingerprint density at radius 2 is 2.00 bits per heavy atom. The number of halogens is 1. The van der Waals surface area contributed by atoms with Crippen molar-refractivity contribution in [2.75, 3.05) is 11.5 Å². The number of carbonyl (C=O) groups is 2. The van der Waals surface area contributed by atoms with Crippen LogP contribution in [-0.4, -0.2) is 28.4 Å². The van der Waals surface area contributed by atoms with Crippen LogP contribution in [0.25, 0.3) is 5.76 Å². The highest BCUT2D eigenvalue weighted by atomic mass is 79.9. The van der Waals surface area contributed by atoms with Gasteiger partial charge in [0.1, 0.15) is 11.5 Å². The molecule has 1 unspecified atom stereocenters. The third-order valence-electron chi connectivity index (χ3n) is 5.13.